The van der Waals surface area contributed by atoms with Crippen LogP contribution in [0, 0.1) is 35.5 Å². The largest absolute Gasteiger partial charge is 0.361 e. The predicted octanol–water partition coefficient (Wildman–Crippen LogP) is 1.96. The molecule has 0 aromatic rings. The van der Waals surface area contributed by atoms with E-state index in [2.05, 4.69) is 19.9 Å². The van der Waals surface area contributed by atoms with Crippen molar-refractivity contribution in [1.29, 1.82) is 0 Å². The summed E-state index contributed by atoms with van der Waals surface area (Å²) in [5, 5.41) is 0. The number of amides is 2. The molecule has 0 N–H and O–H groups in total. The Balaban J connectivity index is 1.65. The molecule has 4 fully saturated rings. The van der Waals surface area contributed by atoms with Crippen molar-refractivity contribution in [3.63, 3.8) is 0 Å². The summed E-state index contributed by atoms with van der Waals surface area (Å²) in [6.45, 7) is 4.46. The molecule has 5 rings (SSSR count). The van der Waals surface area contributed by atoms with Gasteiger partial charge in [0, 0.05) is 13.5 Å². The molecule has 3 heterocycles. The van der Waals surface area contributed by atoms with E-state index in [0.29, 0.717) is 18.3 Å². The van der Waals surface area contributed by atoms with Crippen molar-refractivity contribution in [2.24, 2.45) is 35.5 Å². The number of nitrogens with zero attached hydrogens (tertiary/aromatic N) is 1. The first-order valence-electron chi connectivity index (χ1n) is 9.61. The molecule has 0 aromatic carbocycles. The van der Waals surface area contributed by atoms with Gasteiger partial charge in [0.25, 0.3) is 0 Å². The Morgan fingerprint density at radius 3 is 2.60 bits per heavy atom. The molecule has 2 amide bonds. The van der Waals surface area contributed by atoms with Gasteiger partial charge in [0.2, 0.25) is 11.8 Å². The van der Waals surface area contributed by atoms with Crippen molar-refractivity contribution < 1.29 is 19.1 Å². The van der Waals surface area contributed by atoms with Crippen LogP contribution >= 0.6 is 0 Å². The minimum absolute atomic E-state index is 0.141. The van der Waals surface area contributed by atoms with Crippen molar-refractivity contribution in [1.82, 2.24) is 4.90 Å². The van der Waals surface area contributed by atoms with Gasteiger partial charge in [-0.15, -0.1) is 0 Å². The van der Waals surface area contributed by atoms with Crippen LogP contribution < -0.4 is 0 Å². The van der Waals surface area contributed by atoms with E-state index in [-0.39, 0.29) is 35.5 Å². The van der Waals surface area contributed by atoms with Crippen molar-refractivity contribution in [3.8, 4) is 0 Å². The quantitative estimate of drug-likeness (QED) is 0.539. The van der Waals surface area contributed by atoms with Crippen LogP contribution in [-0.2, 0) is 19.1 Å². The van der Waals surface area contributed by atoms with E-state index in [1.807, 2.05) is 0 Å². The number of likely N-dealkylation sites (tertiary alicyclic amines) is 1. The lowest BCUT2D eigenvalue weighted by molar-refractivity contribution is -0.157. The Labute approximate surface area is 147 Å². The molecule has 2 aliphatic carbocycles. The van der Waals surface area contributed by atoms with Crippen LogP contribution in [0.4, 0.5) is 0 Å². The first kappa shape index (κ1) is 15.7. The zero-order valence-corrected chi connectivity index (χ0v) is 15.0. The Morgan fingerprint density at radius 2 is 1.88 bits per heavy atom. The van der Waals surface area contributed by atoms with Gasteiger partial charge < -0.3 is 4.74 Å². The number of Topliss-reactive ketones (excluding diaryl/α,β-unsaturated/α-hetero) is 1. The Kier molecular flexibility index (Phi) is 3.03. The van der Waals surface area contributed by atoms with Gasteiger partial charge >= 0.3 is 0 Å². The minimum Gasteiger partial charge on any atom is -0.361 e. The zero-order chi connectivity index (χ0) is 17.7. The van der Waals surface area contributed by atoms with E-state index >= 15 is 0 Å². The van der Waals surface area contributed by atoms with E-state index in [1.165, 1.54) is 4.90 Å². The Morgan fingerprint density at radius 1 is 1.12 bits per heavy atom. The number of ether oxygens (including phenoxy) is 1. The van der Waals surface area contributed by atoms with Gasteiger partial charge in [0.1, 0.15) is 11.4 Å². The third-order valence-corrected chi connectivity index (χ3v) is 7.70. The summed E-state index contributed by atoms with van der Waals surface area (Å²) in [6, 6.07) is 0. The van der Waals surface area contributed by atoms with Crippen LogP contribution in [0.1, 0.15) is 39.5 Å². The average Bonchev–Trinajstić information content (AvgIpc) is 3.18. The predicted molar refractivity (Wildman–Crippen MR) is 89.2 cm³/mol. The van der Waals surface area contributed by atoms with Crippen molar-refractivity contribution >= 4 is 17.6 Å². The van der Waals surface area contributed by atoms with Crippen LogP contribution in [0.15, 0.2) is 11.6 Å². The molecule has 7 atom stereocenters. The van der Waals surface area contributed by atoms with E-state index in [4.69, 9.17) is 4.74 Å². The van der Waals surface area contributed by atoms with Gasteiger partial charge in [-0.1, -0.05) is 19.9 Å². The number of rotatable bonds is 1. The van der Waals surface area contributed by atoms with Crippen LogP contribution in [-0.4, -0.2) is 41.3 Å². The second-order valence-electron chi connectivity index (χ2n) is 8.90. The van der Waals surface area contributed by atoms with Crippen LogP contribution in [0.25, 0.3) is 0 Å². The topological polar surface area (TPSA) is 63.7 Å². The summed E-state index contributed by atoms with van der Waals surface area (Å²) in [4.78, 5) is 39.8. The molecule has 1 spiro atoms. The third kappa shape index (κ3) is 1.66. The Bertz CT molecular complexity index is 725. The fourth-order valence-corrected chi connectivity index (χ4v) is 6.73. The highest BCUT2D eigenvalue weighted by atomic mass is 16.5. The fourth-order valence-electron chi connectivity index (χ4n) is 6.73. The Hall–Kier alpha value is -1.49. The number of ketones is 1. The van der Waals surface area contributed by atoms with Gasteiger partial charge in [-0.3, -0.25) is 19.3 Å². The molecule has 2 saturated heterocycles. The van der Waals surface area contributed by atoms with E-state index < -0.39 is 17.4 Å². The van der Waals surface area contributed by atoms with Gasteiger partial charge in [0.15, 0.2) is 0 Å². The average molecular weight is 343 g/mol. The summed E-state index contributed by atoms with van der Waals surface area (Å²) in [7, 11) is 1.57. The first-order valence-corrected chi connectivity index (χ1v) is 9.61. The number of carbonyl (C=O) groups is 3. The molecule has 0 radical (unpaired) electrons. The van der Waals surface area contributed by atoms with Crippen molar-refractivity contribution in [3.05, 3.63) is 11.6 Å². The molecule has 2 saturated carbocycles. The first-order chi connectivity index (χ1) is 11.9. The molecule has 0 aromatic heterocycles. The lowest BCUT2D eigenvalue weighted by Gasteiger charge is -2.52. The second-order valence-corrected chi connectivity index (χ2v) is 8.90. The highest BCUT2D eigenvalue weighted by molar-refractivity contribution is 6.07. The summed E-state index contributed by atoms with van der Waals surface area (Å²) in [5.74, 6) is 0.0575. The van der Waals surface area contributed by atoms with Gasteiger partial charge in [-0.05, 0) is 42.6 Å². The smallest absolute Gasteiger partial charge is 0.236 e. The number of carbonyl (C=O) groups excluding carboxylic acids is 3. The van der Waals surface area contributed by atoms with Crippen LogP contribution in [0.3, 0.4) is 0 Å². The van der Waals surface area contributed by atoms with Gasteiger partial charge in [-0.2, -0.15) is 0 Å². The molecule has 2 bridgehead atoms. The lowest BCUT2D eigenvalue weighted by atomic mass is 9.51. The maximum absolute atomic E-state index is 13.1. The number of imide groups is 1. The summed E-state index contributed by atoms with van der Waals surface area (Å²) >= 11 is 0. The SMILES string of the molecule is CC(C)[C@@H]1CCC(=O)[C@@H]2[C@H]1CCC1=C[C@@H]3O[C@@]12[C@H]1C(=O)N(C)C(=O)[C@@H]31. The molecule has 3 aliphatic heterocycles. The number of hydrogen-bond acceptors (Lipinski definition) is 4. The van der Waals surface area contributed by atoms with E-state index in [0.717, 1.165) is 24.8 Å². The van der Waals surface area contributed by atoms with Crippen molar-refractivity contribution in [2.75, 3.05) is 7.05 Å². The summed E-state index contributed by atoms with van der Waals surface area (Å²) in [6.07, 6.45) is 5.14. The summed E-state index contributed by atoms with van der Waals surface area (Å²) < 4.78 is 6.41. The molecule has 0 unspecified atom stereocenters. The van der Waals surface area contributed by atoms with Crippen LogP contribution in [0.5, 0.6) is 0 Å². The van der Waals surface area contributed by atoms with E-state index in [9.17, 15) is 14.4 Å². The molecule has 25 heavy (non-hydrogen) atoms. The molecule has 5 nitrogen and oxygen atoms in total. The van der Waals surface area contributed by atoms with Gasteiger partial charge in [0.05, 0.1) is 23.9 Å². The molecule has 5 aliphatic rings. The molecular formula is C20H25NO4. The molecule has 134 valence electrons. The van der Waals surface area contributed by atoms with E-state index in [1.54, 1.807) is 7.05 Å². The third-order valence-electron chi connectivity index (χ3n) is 7.70. The summed E-state index contributed by atoms with van der Waals surface area (Å²) in [5.41, 5.74) is 0.287. The highest BCUT2D eigenvalue weighted by Gasteiger charge is 2.74. The number of hydrogen-bond donors (Lipinski definition) is 0. The second kappa shape index (κ2) is 4.81. The standard InChI is InChI=1S/C20H25NO4/c1-9(2)11-6-7-13(22)16-12(11)5-4-10-8-14-15-17(20(10,16)25-14)19(24)21(3)18(15)23/h8-9,11-12,14-17H,4-7H2,1-3H3/t11-,12-,14-,15-,16-,17+,20-/m0/s1. The van der Waals surface area contributed by atoms with Gasteiger partial charge in [-0.25, -0.2) is 0 Å². The maximum atomic E-state index is 13.1. The molecular weight excluding hydrogens is 318 g/mol. The van der Waals surface area contributed by atoms with Crippen LogP contribution in [0.2, 0.25) is 0 Å². The number of fused-ring (bicyclic) bond motifs is 4. The molecule has 5 heteroatoms. The van der Waals surface area contributed by atoms with Crippen molar-refractivity contribution in [2.45, 2.75) is 51.2 Å². The normalized spacial score (nSPS) is 47.9. The minimum atomic E-state index is -0.833. The maximum Gasteiger partial charge on any atom is 0.236 e. The zero-order valence-electron chi connectivity index (χ0n) is 15.0. The highest BCUT2D eigenvalue weighted by Crippen LogP contribution is 2.65. The fraction of sp³-hybridized carbons (Fsp3) is 0.750. The monoisotopic (exact) mass is 343 g/mol. The lowest BCUT2D eigenvalue weighted by Crippen LogP contribution is -2.59.